The molecule has 2 aliphatic heterocycles. The minimum atomic E-state index is -1.07. The quantitative estimate of drug-likeness (QED) is 0.619. The van der Waals surface area contributed by atoms with Crippen LogP contribution in [0.5, 0.6) is 0 Å². The van der Waals surface area contributed by atoms with Gasteiger partial charge in [0.15, 0.2) is 0 Å². The number of carboxylic acids is 1. The third kappa shape index (κ3) is 5.99. The molecular formula is C27H39N3O6. The summed E-state index contributed by atoms with van der Waals surface area (Å²) in [5.74, 6) is -1.82. The maximum atomic E-state index is 13.6. The molecule has 3 rings (SSSR count). The fourth-order valence-corrected chi connectivity index (χ4v) is 5.08. The second-order valence-electron chi connectivity index (χ2n) is 11.1. The molecule has 9 nitrogen and oxygen atoms in total. The van der Waals surface area contributed by atoms with Crippen LogP contribution in [0.4, 0.5) is 4.79 Å². The first-order valence-corrected chi connectivity index (χ1v) is 12.7. The number of carbonyl (C=O) groups is 4. The molecule has 2 fully saturated rings. The Balaban J connectivity index is 1.77. The summed E-state index contributed by atoms with van der Waals surface area (Å²) in [6.45, 7) is 10.0. The van der Waals surface area contributed by atoms with E-state index < -0.39 is 35.2 Å². The third-order valence-electron chi connectivity index (χ3n) is 7.07. The minimum absolute atomic E-state index is 0.133. The summed E-state index contributed by atoms with van der Waals surface area (Å²) in [6.07, 6.45) is 1.54. The maximum Gasteiger partial charge on any atom is 0.410 e. The third-order valence-corrected chi connectivity index (χ3v) is 7.07. The Morgan fingerprint density at radius 2 is 1.67 bits per heavy atom. The van der Waals surface area contributed by atoms with Gasteiger partial charge in [-0.3, -0.25) is 14.5 Å². The maximum absolute atomic E-state index is 13.6. The Hall–Kier alpha value is -3.10. The second kappa shape index (κ2) is 10.9. The molecule has 0 aliphatic carbocycles. The van der Waals surface area contributed by atoms with Crippen molar-refractivity contribution < 1.29 is 29.0 Å². The Morgan fingerprint density at radius 3 is 2.19 bits per heavy atom. The molecule has 0 aromatic heterocycles. The molecule has 1 aromatic rings. The lowest BCUT2D eigenvalue weighted by molar-refractivity contribution is -0.145. The van der Waals surface area contributed by atoms with Crippen molar-refractivity contribution in [3.05, 3.63) is 35.9 Å². The molecule has 0 saturated carbocycles. The Bertz CT molecular complexity index is 963. The summed E-state index contributed by atoms with van der Waals surface area (Å²) in [6, 6.07) is 7.76. The number of piperidine rings is 1. The first kappa shape index (κ1) is 27.5. The summed E-state index contributed by atoms with van der Waals surface area (Å²) >= 11 is 0. The number of carboxylic acid groups (broad SMARTS) is 1. The molecule has 36 heavy (non-hydrogen) atoms. The van der Waals surface area contributed by atoms with Gasteiger partial charge in [-0.2, -0.15) is 0 Å². The smallest absolute Gasteiger partial charge is 0.410 e. The van der Waals surface area contributed by atoms with Crippen LogP contribution in [0.15, 0.2) is 30.3 Å². The van der Waals surface area contributed by atoms with Crippen LogP contribution in [-0.2, 0) is 24.5 Å². The summed E-state index contributed by atoms with van der Waals surface area (Å²) in [5.41, 5.74) is -0.787. The molecule has 2 N–H and O–H groups in total. The zero-order valence-electron chi connectivity index (χ0n) is 22.0. The molecule has 9 heteroatoms. The molecule has 2 aliphatic rings. The number of rotatable bonds is 6. The molecule has 2 unspecified atom stereocenters. The van der Waals surface area contributed by atoms with E-state index in [2.05, 4.69) is 5.32 Å². The van der Waals surface area contributed by atoms with Crippen LogP contribution in [0.3, 0.4) is 0 Å². The fourth-order valence-electron chi connectivity index (χ4n) is 5.08. The predicted molar refractivity (Wildman–Crippen MR) is 134 cm³/mol. The highest BCUT2D eigenvalue weighted by Crippen LogP contribution is 2.37. The van der Waals surface area contributed by atoms with E-state index in [1.807, 2.05) is 30.3 Å². The number of likely N-dealkylation sites (tertiary alicyclic amines) is 2. The number of ether oxygens (including phenoxy) is 1. The molecule has 2 atom stereocenters. The van der Waals surface area contributed by atoms with Gasteiger partial charge in [0.2, 0.25) is 11.8 Å². The van der Waals surface area contributed by atoms with Crippen molar-refractivity contribution in [1.82, 2.24) is 15.1 Å². The van der Waals surface area contributed by atoms with Crippen LogP contribution in [0.2, 0.25) is 0 Å². The van der Waals surface area contributed by atoms with Crippen LogP contribution in [0.1, 0.15) is 65.9 Å². The van der Waals surface area contributed by atoms with E-state index in [0.29, 0.717) is 38.9 Å². The number of nitrogens with one attached hydrogen (secondary N) is 1. The lowest BCUT2D eigenvalue weighted by Gasteiger charge is -2.42. The van der Waals surface area contributed by atoms with Crippen molar-refractivity contribution >= 4 is 23.9 Å². The van der Waals surface area contributed by atoms with E-state index in [-0.39, 0.29) is 17.7 Å². The van der Waals surface area contributed by atoms with Crippen molar-refractivity contribution in [2.75, 3.05) is 19.6 Å². The average Bonchev–Trinajstić information content (AvgIpc) is 3.31. The Kier molecular flexibility index (Phi) is 8.31. The van der Waals surface area contributed by atoms with Gasteiger partial charge >= 0.3 is 12.1 Å². The molecular weight excluding hydrogens is 462 g/mol. The first-order chi connectivity index (χ1) is 16.9. The lowest BCUT2D eigenvalue weighted by atomic mass is 9.71. The van der Waals surface area contributed by atoms with Gasteiger partial charge in [-0.1, -0.05) is 44.2 Å². The summed E-state index contributed by atoms with van der Waals surface area (Å²) in [4.78, 5) is 54.7. The number of aliphatic carboxylic acids is 1. The standard InChI is InChI=1S/C27H39N3O6/c1-18(2)21(23(32)33)28-24(34)27(19-10-7-6-8-11-19)13-16-29(17-14-27)22(31)20-12-9-15-30(20)25(35)36-26(3,4)5/h6-8,10-11,18,20-21H,9,12-17H2,1-5H3,(H,28,34)(H,32,33). The van der Waals surface area contributed by atoms with Gasteiger partial charge in [0.05, 0.1) is 5.41 Å². The highest BCUT2D eigenvalue weighted by molar-refractivity contribution is 5.92. The zero-order chi connectivity index (χ0) is 26.7. The molecule has 0 bridgehead atoms. The van der Waals surface area contributed by atoms with Crippen LogP contribution < -0.4 is 5.32 Å². The van der Waals surface area contributed by atoms with E-state index in [4.69, 9.17) is 4.74 Å². The van der Waals surface area contributed by atoms with Crippen molar-refractivity contribution in [3.8, 4) is 0 Å². The highest BCUT2D eigenvalue weighted by atomic mass is 16.6. The Morgan fingerprint density at radius 1 is 1.06 bits per heavy atom. The van der Waals surface area contributed by atoms with Crippen molar-refractivity contribution in [1.29, 1.82) is 0 Å². The predicted octanol–water partition coefficient (Wildman–Crippen LogP) is 3.17. The van der Waals surface area contributed by atoms with E-state index in [9.17, 15) is 24.3 Å². The molecule has 1 aromatic carbocycles. The number of benzene rings is 1. The first-order valence-electron chi connectivity index (χ1n) is 12.7. The molecule has 2 heterocycles. The van der Waals surface area contributed by atoms with Gasteiger partial charge in [-0.15, -0.1) is 0 Å². The highest BCUT2D eigenvalue weighted by Gasteiger charge is 2.47. The van der Waals surface area contributed by atoms with Crippen LogP contribution in [0, 0.1) is 5.92 Å². The average molecular weight is 502 g/mol. The van der Waals surface area contributed by atoms with E-state index in [1.165, 1.54) is 4.90 Å². The lowest BCUT2D eigenvalue weighted by Crippen LogP contribution is -2.58. The monoisotopic (exact) mass is 501 g/mol. The summed E-state index contributed by atoms with van der Waals surface area (Å²) in [5, 5.41) is 12.4. The molecule has 0 spiro atoms. The second-order valence-corrected chi connectivity index (χ2v) is 11.1. The van der Waals surface area contributed by atoms with E-state index in [1.54, 1.807) is 39.5 Å². The SMILES string of the molecule is CC(C)C(NC(=O)C1(c2ccccc2)CCN(C(=O)C2CCCN2C(=O)OC(C)(C)C)CC1)C(=O)O. The van der Waals surface area contributed by atoms with Crippen LogP contribution in [-0.4, -0.2) is 76.1 Å². The van der Waals surface area contributed by atoms with Crippen LogP contribution in [0.25, 0.3) is 0 Å². The van der Waals surface area contributed by atoms with Crippen LogP contribution >= 0.6 is 0 Å². The molecule has 0 radical (unpaired) electrons. The zero-order valence-corrected chi connectivity index (χ0v) is 22.0. The molecule has 2 saturated heterocycles. The topological polar surface area (TPSA) is 116 Å². The fraction of sp³-hybridized carbons (Fsp3) is 0.630. The van der Waals surface area contributed by atoms with Crippen molar-refractivity contribution in [3.63, 3.8) is 0 Å². The van der Waals surface area contributed by atoms with Crippen molar-refractivity contribution in [2.24, 2.45) is 5.92 Å². The molecule has 198 valence electrons. The van der Waals surface area contributed by atoms with Gasteiger partial charge in [0.1, 0.15) is 17.7 Å². The summed E-state index contributed by atoms with van der Waals surface area (Å²) < 4.78 is 5.50. The minimum Gasteiger partial charge on any atom is -0.480 e. The molecule has 3 amide bonds. The largest absolute Gasteiger partial charge is 0.480 e. The van der Waals surface area contributed by atoms with Gasteiger partial charge in [-0.25, -0.2) is 9.59 Å². The number of hydrogen-bond acceptors (Lipinski definition) is 5. The number of nitrogens with zero attached hydrogens (tertiary/aromatic N) is 2. The van der Waals surface area contributed by atoms with E-state index in [0.717, 1.165) is 12.0 Å². The van der Waals surface area contributed by atoms with Gasteiger partial charge in [0, 0.05) is 19.6 Å². The van der Waals surface area contributed by atoms with Gasteiger partial charge in [0.25, 0.3) is 0 Å². The van der Waals surface area contributed by atoms with E-state index >= 15 is 0 Å². The summed E-state index contributed by atoms with van der Waals surface area (Å²) in [7, 11) is 0. The van der Waals surface area contributed by atoms with Gasteiger partial charge < -0.3 is 20.1 Å². The van der Waals surface area contributed by atoms with Gasteiger partial charge in [-0.05, 0) is 57.9 Å². The Labute approximate surface area is 213 Å². The van der Waals surface area contributed by atoms with Crippen molar-refractivity contribution in [2.45, 2.75) is 83.4 Å². The number of carbonyl (C=O) groups excluding carboxylic acids is 3. The number of amides is 3. The normalized spacial score (nSPS) is 20.7. The number of hydrogen-bond donors (Lipinski definition) is 2.